The largest absolute Gasteiger partial charge is 0.466 e. The van der Waals surface area contributed by atoms with Crippen LogP contribution in [0, 0.1) is 69.5 Å². The van der Waals surface area contributed by atoms with Gasteiger partial charge in [0.25, 0.3) is 0 Å². The van der Waals surface area contributed by atoms with Gasteiger partial charge in [-0.05, 0) is 200 Å². The summed E-state index contributed by atoms with van der Waals surface area (Å²) in [6, 6.07) is 0. The van der Waals surface area contributed by atoms with Crippen LogP contribution in [0.25, 0.3) is 0 Å². The molecule has 6 aliphatic rings. The van der Waals surface area contributed by atoms with E-state index in [2.05, 4.69) is 145 Å². The summed E-state index contributed by atoms with van der Waals surface area (Å²) < 4.78 is 13.7. The van der Waals surface area contributed by atoms with Gasteiger partial charge in [-0.1, -0.05) is 161 Å². The molecular formula is C63H105Br3O8. The first-order chi connectivity index (χ1) is 34.0. The normalized spacial score (nSPS) is 32.2. The number of hydrogen-bond acceptors (Lipinski definition) is 8. The third-order valence-electron chi connectivity index (χ3n) is 19.3. The molecule has 2 N–H and O–H groups in total. The fraction of sp³-hybridized carbons (Fsp3) is 0.762. The molecule has 6 saturated carbocycles. The summed E-state index contributed by atoms with van der Waals surface area (Å²) in [5, 5.41) is 20.8. The quantitative estimate of drug-likeness (QED) is 0.0891. The number of methoxy groups -OCH3 is 3. The number of carbonyl (C=O) groups excluding carboxylic acids is 3. The Balaban J connectivity index is 0.000000518. The van der Waals surface area contributed by atoms with Crippen molar-refractivity contribution in [2.45, 2.75) is 217 Å². The molecule has 14 atom stereocenters. The topological polar surface area (TPSA) is 119 Å². The van der Waals surface area contributed by atoms with E-state index in [0.29, 0.717) is 87.7 Å². The number of aliphatic hydroxyl groups is 2. The average molecular weight is 1230 g/mol. The lowest BCUT2D eigenvalue weighted by molar-refractivity contribution is -0.137. The van der Waals surface area contributed by atoms with Crippen molar-refractivity contribution in [2.24, 2.45) is 69.5 Å². The molecule has 426 valence electrons. The molecule has 0 saturated heterocycles. The van der Waals surface area contributed by atoms with Crippen molar-refractivity contribution < 1.29 is 38.8 Å². The Hall–Kier alpha value is -1.79. The fourth-order valence-corrected chi connectivity index (χ4v) is 17.0. The average Bonchev–Trinajstić information content (AvgIpc) is 4.05. The molecule has 6 aliphatic carbocycles. The van der Waals surface area contributed by atoms with Gasteiger partial charge in [-0.3, -0.25) is 0 Å². The maximum Gasteiger partial charge on any atom is 0.333 e. The van der Waals surface area contributed by atoms with Gasteiger partial charge < -0.3 is 24.4 Å². The molecule has 0 aromatic rings. The Morgan fingerprint density at radius 3 is 1.08 bits per heavy atom. The van der Waals surface area contributed by atoms with Gasteiger partial charge >= 0.3 is 17.9 Å². The molecule has 0 aliphatic heterocycles. The third kappa shape index (κ3) is 17.6. The Morgan fingerprint density at radius 1 is 0.554 bits per heavy atom. The number of allylic oxidation sites excluding steroid dienone is 3. The SMILES string of the molecule is C.C.C=C(CC(O)C[C@@H](C)[C@H]1CCC2/C(=C/Br)CCC[C@@]21C)C(=O)OC.C=C(CC(O)C[C@@H](C)[C@H]1CCC2/C(=C/Br)CCC[C@@]21C)C(=O)OC.C=C(CC)C(=O)OC.CC[C@@H](C)[C@H]1CC[C@H]2/C(=C/Br)CCC[C@]12C. The molecule has 0 heterocycles. The molecular weight excluding hydrogens is 1120 g/mol. The monoisotopic (exact) mass is 1230 g/mol. The van der Waals surface area contributed by atoms with Crippen LogP contribution < -0.4 is 0 Å². The molecule has 6 fully saturated rings. The number of carbonyl (C=O) groups is 3. The van der Waals surface area contributed by atoms with Crippen molar-refractivity contribution in [2.75, 3.05) is 21.3 Å². The maximum absolute atomic E-state index is 11.5. The van der Waals surface area contributed by atoms with E-state index in [4.69, 9.17) is 0 Å². The lowest BCUT2D eigenvalue weighted by Gasteiger charge is -2.44. The summed E-state index contributed by atoms with van der Waals surface area (Å²) in [7, 11) is 4.04. The maximum atomic E-state index is 11.5. The van der Waals surface area contributed by atoms with Crippen molar-refractivity contribution >= 4 is 65.7 Å². The fourth-order valence-electron chi connectivity index (χ4n) is 15.4. The number of halogens is 3. The highest BCUT2D eigenvalue weighted by Crippen LogP contribution is 2.62. The van der Waals surface area contributed by atoms with Gasteiger partial charge in [0.05, 0.1) is 33.5 Å². The standard InChI is InChI=1S/2C20H31BrO3.C15H25Br.C6H10O2.2CH4/c2*1-13(10-16(22)11-14(2)19(23)24-4)17-7-8-18-15(12-21)6-5-9-20(17,18)3;1-4-11(2)13-7-8-14-12(10-16)6-5-9-15(13,14)3;1-4-5(2)6(7)8-3;;/h2*12-13,16-18,22H,2,5-11H2,1,3-4H3;10-11,13-14H,4-9H2,1-3H3;2,4H2,1,3H3;2*1H4/b2*15-12+;12-10+;;;/t2*13-,16?,17-,18?,20-;11-,13-,14+,15-;;;/m111.../s1. The van der Waals surface area contributed by atoms with Crippen LogP contribution in [0.2, 0.25) is 0 Å². The number of ether oxygens (including phenoxy) is 3. The highest BCUT2D eigenvalue weighted by atomic mass is 79.9. The van der Waals surface area contributed by atoms with Crippen molar-refractivity contribution in [3.8, 4) is 0 Å². The molecule has 74 heavy (non-hydrogen) atoms. The molecule has 4 unspecified atom stereocenters. The van der Waals surface area contributed by atoms with Gasteiger partial charge in [-0.2, -0.15) is 0 Å². The molecule has 6 rings (SSSR count). The van der Waals surface area contributed by atoms with Crippen molar-refractivity contribution in [1.82, 2.24) is 0 Å². The minimum absolute atomic E-state index is 0. The van der Waals surface area contributed by atoms with Crippen molar-refractivity contribution in [3.05, 3.63) is 68.1 Å². The smallest absolute Gasteiger partial charge is 0.333 e. The third-order valence-corrected chi connectivity index (χ3v) is 21.1. The lowest BCUT2D eigenvalue weighted by Crippen LogP contribution is -2.36. The van der Waals surface area contributed by atoms with Crippen LogP contribution in [0.4, 0.5) is 0 Å². The van der Waals surface area contributed by atoms with Crippen LogP contribution in [0.1, 0.15) is 205 Å². The number of aliphatic hydroxyl groups excluding tert-OH is 2. The summed E-state index contributed by atoms with van der Waals surface area (Å²) in [6.45, 7) is 29.6. The van der Waals surface area contributed by atoms with Gasteiger partial charge in [0, 0.05) is 29.6 Å². The second kappa shape index (κ2) is 33.0. The summed E-state index contributed by atoms with van der Waals surface area (Å²) >= 11 is 10.7. The molecule has 0 spiro atoms. The summed E-state index contributed by atoms with van der Waals surface area (Å²) in [5.74, 6) is 5.09. The van der Waals surface area contributed by atoms with Crippen LogP contribution in [0.5, 0.6) is 0 Å². The van der Waals surface area contributed by atoms with Gasteiger partial charge in [-0.15, -0.1) is 0 Å². The molecule has 0 bridgehead atoms. The summed E-state index contributed by atoms with van der Waals surface area (Å²) in [6.07, 6.45) is 22.6. The predicted molar refractivity (Wildman–Crippen MR) is 321 cm³/mol. The van der Waals surface area contributed by atoms with E-state index in [1.54, 1.807) is 16.7 Å². The van der Waals surface area contributed by atoms with E-state index in [9.17, 15) is 24.6 Å². The van der Waals surface area contributed by atoms with Crippen LogP contribution in [0.3, 0.4) is 0 Å². The Kier molecular flexibility index (Phi) is 31.3. The van der Waals surface area contributed by atoms with Gasteiger partial charge in [0.2, 0.25) is 0 Å². The van der Waals surface area contributed by atoms with E-state index in [-0.39, 0.29) is 20.8 Å². The number of esters is 3. The van der Waals surface area contributed by atoms with Crippen LogP contribution in [0.15, 0.2) is 68.1 Å². The molecule has 0 amide bonds. The molecule has 0 aromatic heterocycles. The number of rotatable bonds is 16. The molecule has 11 heteroatoms. The Morgan fingerprint density at radius 2 is 0.838 bits per heavy atom. The summed E-state index contributed by atoms with van der Waals surface area (Å²) in [4.78, 5) is 39.9. The zero-order chi connectivity index (χ0) is 54.1. The first-order valence-electron chi connectivity index (χ1n) is 27.5. The second-order valence-electron chi connectivity index (χ2n) is 23.5. The van der Waals surface area contributed by atoms with Crippen LogP contribution >= 0.6 is 47.8 Å². The lowest BCUT2D eigenvalue weighted by atomic mass is 9.61. The van der Waals surface area contributed by atoms with E-state index in [1.165, 1.54) is 124 Å². The van der Waals surface area contributed by atoms with Crippen LogP contribution in [-0.2, 0) is 28.6 Å². The minimum atomic E-state index is -0.524. The Bertz CT molecular complexity index is 1820. The number of hydrogen-bond donors (Lipinski definition) is 2. The Labute approximate surface area is 477 Å². The van der Waals surface area contributed by atoms with Gasteiger partial charge in [-0.25, -0.2) is 14.4 Å². The molecule has 0 radical (unpaired) electrons. The minimum Gasteiger partial charge on any atom is -0.466 e. The van der Waals surface area contributed by atoms with Gasteiger partial charge in [0.15, 0.2) is 0 Å². The van der Waals surface area contributed by atoms with Crippen molar-refractivity contribution in [3.63, 3.8) is 0 Å². The van der Waals surface area contributed by atoms with E-state index >= 15 is 0 Å². The molecule has 8 nitrogen and oxygen atoms in total. The van der Waals surface area contributed by atoms with E-state index in [0.717, 1.165) is 30.6 Å². The number of fused-ring (bicyclic) bond motifs is 3. The van der Waals surface area contributed by atoms with E-state index < -0.39 is 24.1 Å². The molecule has 0 aromatic carbocycles. The van der Waals surface area contributed by atoms with Gasteiger partial charge in [0.1, 0.15) is 0 Å². The zero-order valence-corrected chi connectivity index (χ0v) is 51.3. The highest BCUT2D eigenvalue weighted by Gasteiger charge is 2.53. The van der Waals surface area contributed by atoms with Crippen molar-refractivity contribution in [1.29, 1.82) is 0 Å². The first-order valence-corrected chi connectivity index (χ1v) is 30.3. The summed E-state index contributed by atoms with van der Waals surface area (Å²) in [5.41, 5.74) is 7.35. The predicted octanol–water partition coefficient (Wildman–Crippen LogP) is 17.9. The van der Waals surface area contributed by atoms with E-state index in [1.807, 2.05) is 6.92 Å². The first kappa shape index (κ1) is 70.2. The second-order valence-corrected chi connectivity index (χ2v) is 24.9. The zero-order valence-electron chi connectivity index (χ0n) is 46.5. The highest BCUT2D eigenvalue weighted by molar-refractivity contribution is 9.11. The van der Waals surface area contributed by atoms with Crippen LogP contribution in [-0.4, -0.2) is 61.7 Å².